The van der Waals surface area contributed by atoms with Gasteiger partial charge < -0.3 is 10.3 Å². The van der Waals surface area contributed by atoms with E-state index in [9.17, 15) is 9.59 Å². The SMILES string of the molecule is O=C(NCCc1c[nH]c2ccc(Cl)cc12)[C@H]1CC(=O)N(c2n[nH]c3ccccc23)C1. The highest BCUT2D eigenvalue weighted by Gasteiger charge is 2.36. The van der Waals surface area contributed by atoms with Crippen molar-refractivity contribution in [3.8, 4) is 0 Å². The Morgan fingerprint density at radius 1 is 1.20 bits per heavy atom. The molecule has 0 radical (unpaired) electrons. The zero-order chi connectivity index (χ0) is 20.7. The third-order valence-electron chi connectivity index (χ3n) is 5.62. The first-order chi connectivity index (χ1) is 14.6. The Balaban J connectivity index is 1.23. The molecular weight excluding hydrogens is 402 g/mol. The molecule has 4 aromatic rings. The average Bonchev–Trinajstić information content (AvgIpc) is 3.44. The van der Waals surface area contributed by atoms with Crippen molar-refractivity contribution in [1.29, 1.82) is 0 Å². The van der Waals surface area contributed by atoms with E-state index in [0.717, 1.165) is 27.4 Å². The van der Waals surface area contributed by atoms with Crippen LogP contribution in [0.15, 0.2) is 48.7 Å². The average molecular weight is 422 g/mol. The fourth-order valence-corrected chi connectivity index (χ4v) is 4.24. The summed E-state index contributed by atoms with van der Waals surface area (Å²) in [6, 6.07) is 13.4. The number of aromatic amines is 2. The maximum absolute atomic E-state index is 12.7. The minimum atomic E-state index is -0.384. The molecule has 0 unspecified atom stereocenters. The van der Waals surface area contributed by atoms with Gasteiger partial charge in [-0.15, -0.1) is 0 Å². The quantitative estimate of drug-likeness (QED) is 0.461. The molecule has 1 atom stereocenters. The lowest BCUT2D eigenvalue weighted by Crippen LogP contribution is -2.34. The molecule has 3 N–H and O–H groups in total. The number of fused-ring (bicyclic) bond motifs is 2. The number of hydrogen-bond donors (Lipinski definition) is 3. The monoisotopic (exact) mass is 421 g/mol. The van der Waals surface area contributed by atoms with Gasteiger partial charge >= 0.3 is 0 Å². The zero-order valence-corrected chi connectivity index (χ0v) is 16.9. The van der Waals surface area contributed by atoms with Crippen LogP contribution < -0.4 is 10.2 Å². The molecule has 7 nitrogen and oxygen atoms in total. The van der Waals surface area contributed by atoms with E-state index >= 15 is 0 Å². The second kappa shape index (κ2) is 7.50. The second-order valence-corrected chi connectivity index (χ2v) is 7.98. The number of aromatic nitrogens is 3. The number of rotatable bonds is 5. The van der Waals surface area contributed by atoms with Gasteiger partial charge in [0.15, 0.2) is 5.82 Å². The third-order valence-corrected chi connectivity index (χ3v) is 5.86. The van der Waals surface area contributed by atoms with E-state index in [4.69, 9.17) is 11.6 Å². The van der Waals surface area contributed by atoms with Gasteiger partial charge in [-0.3, -0.25) is 19.6 Å². The molecule has 5 rings (SSSR count). The lowest BCUT2D eigenvalue weighted by Gasteiger charge is -2.14. The summed E-state index contributed by atoms with van der Waals surface area (Å²) < 4.78 is 0. The fourth-order valence-electron chi connectivity index (χ4n) is 4.06. The highest BCUT2D eigenvalue weighted by molar-refractivity contribution is 6.31. The summed E-state index contributed by atoms with van der Waals surface area (Å²) in [7, 11) is 0. The standard InChI is InChI=1S/C22H20ClN5O2/c23-15-5-6-18-17(10-15)13(11-25-18)7-8-24-22(30)14-9-20(29)28(12-14)21-16-3-1-2-4-19(16)26-27-21/h1-6,10-11,14,25H,7-9,12H2,(H,24,30)(H,26,27)/t14-/m0/s1. The number of nitrogens with one attached hydrogen (secondary N) is 3. The van der Waals surface area contributed by atoms with E-state index in [2.05, 4.69) is 20.5 Å². The molecule has 8 heteroatoms. The summed E-state index contributed by atoms with van der Waals surface area (Å²) in [6.07, 6.45) is 2.81. The molecule has 0 spiro atoms. The molecule has 2 aromatic carbocycles. The first-order valence-electron chi connectivity index (χ1n) is 9.87. The van der Waals surface area contributed by atoms with Crippen LogP contribution in [-0.2, 0) is 16.0 Å². The maximum atomic E-state index is 12.7. The van der Waals surface area contributed by atoms with Crippen LogP contribution in [0.5, 0.6) is 0 Å². The number of para-hydroxylation sites is 1. The first-order valence-corrected chi connectivity index (χ1v) is 10.2. The van der Waals surface area contributed by atoms with Gasteiger partial charge in [0.05, 0.1) is 11.4 Å². The van der Waals surface area contributed by atoms with E-state index in [1.807, 2.05) is 48.7 Å². The van der Waals surface area contributed by atoms with Crippen molar-refractivity contribution in [1.82, 2.24) is 20.5 Å². The van der Waals surface area contributed by atoms with Gasteiger partial charge in [-0.05, 0) is 42.3 Å². The first kappa shape index (κ1) is 18.7. The van der Waals surface area contributed by atoms with Crippen LogP contribution in [-0.4, -0.2) is 40.1 Å². The van der Waals surface area contributed by atoms with Gasteiger partial charge in [0.1, 0.15) is 0 Å². The number of carbonyl (C=O) groups excluding carboxylic acids is 2. The molecule has 0 saturated carbocycles. The van der Waals surface area contributed by atoms with Crippen molar-refractivity contribution in [2.24, 2.45) is 5.92 Å². The predicted octanol–water partition coefficient (Wildman–Crippen LogP) is 3.41. The lowest BCUT2D eigenvalue weighted by molar-refractivity contribution is -0.126. The molecule has 30 heavy (non-hydrogen) atoms. The van der Waals surface area contributed by atoms with E-state index in [0.29, 0.717) is 30.4 Å². The minimum absolute atomic E-state index is 0.0846. The smallest absolute Gasteiger partial charge is 0.229 e. The predicted molar refractivity (Wildman–Crippen MR) is 117 cm³/mol. The van der Waals surface area contributed by atoms with Gasteiger partial charge in [-0.1, -0.05) is 23.7 Å². The Morgan fingerprint density at radius 2 is 2.07 bits per heavy atom. The van der Waals surface area contributed by atoms with Crippen LogP contribution in [0.4, 0.5) is 5.82 Å². The number of amides is 2. The third kappa shape index (κ3) is 3.31. The van der Waals surface area contributed by atoms with Gasteiger partial charge in [-0.2, -0.15) is 5.10 Å². The summed E-state index contributed by atoms with van der Waals surface area (Å²) in [5, 5.41) is 12.8. The molecular formula is C22H20ClN5O2. The number of nitrogens with zero attached hydrogens (tertiary/aromatic N) is 2. The van der Waals surface area contributed by atoms with E-state index < -0.39 is 0 Å². The number of benzene rings is 2. The summed E-state index contributed by atoms with van der Waals surface area (Å²) in [5.74, 6) is 0.00850. The molecule has 2 aromatic heterocycles. The molecule has 3 heterocycles. The van der Waals surface area contributed by atoms with Crippen molar-refractivity contribution in [3.05, 3.63) is 59.2 Å². The molecule has 0 bridgehead atoms. The van der Waals surface area contributed by atoms with Crippen molar-refractivity contribution in [3.63, 3.8) is 0 Å². The van der Waals surface area contributed by atoms with Crippen LogP contribution in [0.2, 0.25) is 5.02 Å². The molecule has 1 fully saturated rings. The molecule has 1 saturated heterocycles. The fraction of sp³-hybridized carbons (Fsp3) is 0.227. The summed E-state index contributed by atoms with van der Waals surface area (Å²) in [5.41, 5.74) is 2.98. The van der Waals surface area contributed by atoms with E-state index in [-0.39, 0.29) is 24.2 Å². The van der Waals surface area contributed by atoms with Crippen LogP contribution in [0.25, 0.3) is 21.8 Å². The van der Waals surface area contributed by atoms with Crippen molar-refractivity contribution < 1.29 is 9.59 Å². The minimum Gasteiger partial charge on any atom is -0.361 e. The largest absolute Gasteiger partial charge is 0.361 e. The maximum Gasteiger partial charge on any atom is 0.229 e. The van der Waals surface area contributed by atoms with Crippen molar-refractivity contribution in [2.75, 3.05) is 18.0 Å². The highest BCUT2D eigenvalue weighted by atomic mass is 35.5. The lowest BCUT2D eigenvalue weighted by atomic mass is 10.1. The zero-order valence-electron chi connectivity index (χ0n) is 16.1. The number of H-pyrrole nitrogens is 2. The van der Waals surface area contributed by atoms with Gasteiger partial charge in [0.25, 0.3) is 0 Å². The Kier molecular flexibility index (Phi) is 4.67. The van der Waals surface area contributed by atoms with Crippen molar-refractivity contribution in [2.45, 2.75) is 12.8 Å². The Morgan fingerprint density at radius 3 is 2.97 bits per heavy atom. The summed E-state index contributed by atoms with van der Waals surface area (Å²) >= 11 is 6.10. The topological polar surface area (TPSA) is 93.9 Å². The van der Waals surface area contributed by atoms with E-state index in [1.165, 1.54) is 0 Å². The van der Waals surface area contributed by atoms with Crippen LogP contribution in [0.1, 0.15) is 12.0 Å². The number of hydrogen-bond acceptors (Lipinski definition) is 3. The van der Waals surface area contributed by atoms with Gasteiger partial charge in [-0.25, -0.2) is 0 Å². The summed E-state index contributed by atoms with van der Waals surface area (Å²) in [4.78, 5) is 30.0. The molecule has 2 amide bonds. The number of carbonyl (C=O) groups is 2. The van der Waals surface area contributed by atoms with E-state index in [1.54, 1.807) is 4.90 Å². The van der Waals surface area contributed by atoms with Gasteiger partial charge in [0.2, 0.25) is 11.8 Å². The van der Waals surface area contributed by atoms with Crippen LogP contribution in [0, 0.1) is 5.92 Å². The normalized spacial score (nSPS) is 16.6. The van der Waals surface area contributed by atoms with Crippen LogP contribution >= 0.6 is 11.6 Å². The molecule has 1 aliphatic rings. The number of halogens is 1. The highest BCUT2D eigenvalue weighted by Crippen LogP contribution is 2.29. The summed E-state index contributed by atoms with van der Waals surface area (Å²) in [6.45, 7) is 0.830. The second-order valence-electron chi connectivity index (χ2n) is 7.54. The Bertz CT molecular complexity index is 1260. The van der Waals surface area contributed by atoms with Gasteiger partial charge in [0, 0.05) is 47.0 Å². The Hall–Kier alpha value is -3.32. The molecule has 152 valence electrons. The molecule has 0 aliphatic carbocycles. The number of anilines is 1. The van der Waals surface area contributed by atoms with Crippen LogP contribution in [0.3, 0.4) is 0 Å². The van der Waals surface area contributed by atoms with Crippen molar-refractivity contribution >= 4 is 51.0 Å². The molecule has 1 aliphatic heterocycles. The Labute approximate surface area is 177 Å².